The first-order chi connectivity index (χ1) is 20.4. The summed E-state index contributed by atoms with van der Waals surface area (Å²) in [7, 11) is 0. The molecule has 0 bridgehead atoms. The van der Waals surface area contributed by atoms with Crippen LogP contribution in [0.25, 0.3) is 5.57 Å². The molecule has 4 fully saturated rings. The van der Waals surface area contributed by atoms with Crippen LogP contribution < -0.4 is 0 Å². The summed E-state index contributed by atoms with van der Waals surface area (Å²) < 4.78 is 5.62. The fourth-order valence-corrected chi connectivity index (χ4v) is 12.6. The molecule has 5 aliphatic rings. The molecule has 9 atom stereocenters. The van der Waals surface area contributed by atoms with Crippen molar-refractivity contribution in [1.82, 2.24) is 0 Å². The zero-order valence-electron chi connectivity index (χ0n) is 29.1. The first-order valence-electron chi connectivity index (χ1n) is 17.6. The monoisotopic (exact) mass is 598 g/mol. The molecule has 0 spiro atoms. The molecule has 9 unspecified atom stereocenters. The molecule has 5 aliphatic carbocycles. The Kier molecular flexibility index (Phi) is 7.35. The Balaban J connectivity index is 1.31. The molecule has 0 radical (unpaired) electrons. The van der Waals surface area contributed by atoms with Crippen LogP contribution in [0.1, 0.15) is 136 Å². The second kappa shape index (κ2) is 10.2. The van der Waals surface area contributed by atoms with Crippen LogP contribution in [0.2, 0.25) is 0 Å². The number of carbonyl (C=O) groups is 2. The maximum Gasteiger partial charge on any atom is 0.338 e. The fourth-order valence-electron chi connectivity index (χ4n) is 12.6. The van der Waals surface area contributed by atoms with Crippen molar-refractivity contribution in [2.75, 3.05) is 0 Å². The van der Waals surface area contributed by atoms with Gasteiger partial charge < -0.3 is 9.53 Å². The summed E-state index contributed by atoms with van der Waals surface area (Å²) in [4.78, 5) is 25.5. The number of benzene rings is 1. The molecular weight excluding hydrogens is 540 g/mol. The van der Waals surface area contributed by atoms with E-state index in [2.05, 4.69) is 66.3 Å². The molecule has 240 valence electrons. The Morgan fingerprint density at radius 1 is 0.886 bits per heavy atom. The molecule has 0 aromatic heterocycles. The number of carbonyl (C=O) groups excluding carboxylic acids is 2. The van der Waals surface area contributed by atoms with Gasteiger partial charge in [-0.25, -0.2) is 4.79 Å². The fraction of sp³-hybridized carbons (Fsp3) is 0.707. The van der Waals surface area contributed by atoms with Gasteiger partial charge in [-0.1, -0.05) is 65.0 Å². The van der Waals surface area contributed by atoms with Crippen molar-refractivity contribution >= 4 is 17.8 Å². The largest absolute Gasteiger partial charge is 0.456 e. The van der Waals surface area contributed by atoms with E-state index in [4.69, 9.17) is 4.74 Å². The van der Waals surface area contributed by atoms with Gasteiger partial charge in [0.15, 0.2) is 0 Å². The number of esters is 1. The van der Waals surface area contributed by atoms with E-state index in [0.717, 1.165) is 25.7 Å². The third-order valence-corrected chi connectivity index (χ3v) is 14.8. The molecule has 0 saturated heterocycles. The lowest BCUT2D eigenvalue weighted by Crippen LogP contribution is -2.65. The minimum absolute atomic E-state index is 0.0370. The number of hydrogen-bond donors (Lipinski definition) is 0. The minimum Gasteiger partial charge on any atom is -0.456 e. The van der Waals surface area contributed by atoms with Crippen molar-refractivity contribution in [3.63, 3.8) is 0 Å². The zero-order valence-corrected chi connectivity index (χ0v) is 29.1. The molecule has 4 saturated carbocycles. The number of allylic oxidation sites excluding steroid dienone is 3. The second-order valence-corrected chi connectivity index (χ2v) is 18.2. The van der Waals surface area contributed by atoms with Gasteiger partial charge in [-0.2, -0.15) is 0 Å². The van der Waals surface area contributed by atoms with Gasteiger partial charge >= 0.3 is 5.97 Å². The van der Waals surface area contributed by atoms with Crippen LogP contribution in [0, 0.1) is 56.7 Å². The lowest BCUT2D eigenvalue weighted by molar-refractivity contribution is -0.223. The summed E-state index contributed by atoms with van der Waals surface area (Å²) in [5.41, 5.74) is 4.77. The summed E-state index contributed by atoms with van der Waals surface area (Å²) in [6, 6.07) is 8.15. The Bertz CT molecular complexity index is 1380. The number of ether oxygens (including phenoxy) is 1. The number of hydrogen-bond acceptors (Lipinski definition) is 3. The predicted octanol–water partition coefficient (Wildman–Crippen LogP) is 10.5. The van der Waals surface area contributed by atoms with Gasteiger partial charge in [0.05, 0.1) is 5.56 Å². The molecule has 1 aromatic carbocycles. The lowest BCUT2D eigenvalue weighted by atomic mass is 9.32. The van der Waals surface area contributed by atoms with Crippen LogP contribution in [-0.4, -0.2) is 17.9 Å². The van der Waals surface area contributed by atoms with Crippen molar-refractivity contribution in [2.24, 2.45) is 56.7 Å². The van der Waals surface area contributed by atoms with E-state index in [1.807, 2.05) is 32.9 Å². The normalized spacial score (nSPS) is 42.6. The summed E-state index contributed by atoms with van der Waals surface area (Å²) in [6.45, 7) is 25.3. The minimum atomic E-state index is -0.502. The van der Waals surface area contributed by atoms with Crippen LogP contribution >= 0.6 is 0 Å². The van der Waals surface area contributed by atoms with Crippen LogP contribution in [-0.2, 0) is 9.53 Å². The van der Waals surface area contributed by atoms with Gasteiger partial charge in [0.1, 0.15) is 11.9 Å². The van der Waals surface area contributed by atoms with E-state index >= 15 is 0 Å². The molecule has 44 heavy (non-hydrogen) atoms. The van der Waals surface area contributed by atoms with Gasteiger partial charge in [-0.3, -0.25) is 0 Å². The van der Waals surface area contributed by atoms with Crippen molar-refractivity contribution in [3.05, 3.63) is 53.6 Å². The first kappa shape index (κ1) is 31.8. The van der Waals surface area contributed by atoms with Gasteiger partial charge in [0.25, 0.3) is 0 Å². The van der Waals surface area contributed by atoms with Gasteiger partial charge in [0, 0.05) is 5.41 Å². The molecule has 3 nitrogen and oxygen atoms in total. The van der Waals surface area contributed by atoms with Crippen LogP contribution in [0.4, 0.5) is 0 Å². The van der Waals surface area contributed by atoms with E-state index in [1.165, 1.54) is 55.1 Å². The third kappa shape index (κ3) is 4.40. The smallest absolute Gasteiger partial charge is 0.338 e. The highest BCUT2D eigenvalue weighted by Crippen LogP contribution is 2.77. The highest BCUT2D eigenvalue weighted by Gasteiger charge is 2.70. The lowest BCUT2D eigenvalue weighted by Gasteiger charge is -2.72. The number of aldehydes is 1. The molecule has 3 heteroatoms. The molecule has 0 heterocycles. The summed E-state index contributed by atoms with van der Waals surface area (Å²) >= 11 is 0. The highest BCUT2D eigenvalue weighted by atomic mass is 16.6. The predicted molar refractivity (Wildman–Crippen MR) is 180 cm³/mol. The van der Waals surface area contributed by atoms with Crippen LogP contribution in [0.15, 0.2) is 42.5 Å². The molecule has 0 aliphatic heterocycles. The maximum absolute atomic E-state index is 12.8. The third-order valence-electron chi connectivity index (χ3n) is 14.8. The SMILES string of the molecule is C=C(C)C1CCC2(C=O)CCC3(C)C(CCC4C5(C)CC=C(c6ccc(C(=O)OC(C)(C)C)cc6)C(C)(C)C5CCC43C)C12. The van der Waals surface area contributed by atoms with Crippen LogP contribution in [0.3, 0.4) is 0 Å². The van der Waals surface area contributed by atoms with E-state index in [-0.39, 0.29) is 33.0 Å². The van der Waals surface area contributed by atoms with Gasteiger partial charge in [-0.15, -0.1) is 0 Å². The summed E-state index contributed by atoms with van der Waals surface area (Å²) in [6.07, 6.45) is 14.6. The Labute approximate surface area is 267 Å². The van der Waals surface area contributed by atoms with Gasteiger partial charge in [0.2, 0.25) is 0 Å². The first-order valence-corrected chi connectivity index (χ1v) is 17.6. The van der Waals surface area contributed by atoms with Crippen molar-refractivity contribution in [1.29, 1.82) is 0 Å². The van der Waals surface area contributed by atoms with E-state index in [9.17, 15) is 9.59 Å². The van der Waals surface area contributed by atoms with Crippen molar-refractivity contribution in [2.45, 2.75) is 126 Å². The van der Waals surface area contributed by atoms with E-state index in [1.54, 1.807) is 0 Å². The second-order valence-electron chi connectivity index (χ2n) is 18.2. The maximum atomic E-state index is 12.8. The topological polar surface area (TPSA) is 43.4 Å². The van der Waals surface area contributed by atoms with Crippen molar-refractivity contribution < 1.29 is 14.3 Å². The van der Waals surface area contributed by atoms with Crippen LogP contribution in [0.5, 0.6) is 0 Å². The average Bonchev–Trinajstić information content (AvgIpc) is 3.33. The molecule has 0 N–H and O–H groups in total. The van der Waals surface area contributed by atoms with E-state index in [0.29, 0.717) is 35.2 Å². The van der Waals surface area contributed by atoms with E-state index < -0.39 is 5.60 Å². The standard InChI is InChI=1S/C41H58O3/c1-26(2)29-17-22-41(25-42)24-23-39(9)31(34(29)41)15-16-33-38(8)20-18-30(37(6,7)32(38)19-21-40(33,39)10)27-11-13-28(14-12-27)35(43)44-36(3,4)5/h11-14,18,25,29,31-34H,1,15-17,19-24H2,2-10H3. The molecular formula is C41H58O3. The highest BCUT2D eigenvalue weighted by molar-refractivity contribution is 5.90. The number of fused-ring (bicyclic) bond motifs is 7. The molecule has 0 amide bonds. The van der Waals surface area contributed by atoms with Crippen molar-refractivity contribution in [3.8, 4) is 0 Å². The average molecular weight is 599 g/mol. The summed E-state index contributed by atoms with van der Waals surface area (Å²) in [5, 5.41) is 0. The Morgan fingerprint density at radius 3 is 2.18 bits per heavy atom. The quantitative estimate of drug-likeness (QED) is 0.197. The number of rotatable bonds is 4. The summed E-state index contributed by atoms with van der Waals surface area (Å²) in [5.74, 6) is 2.60. The molecule has 6 rings (SSSR count). The Morgan fingerprint density at radius 2 is 1.57 bits per heavy atom. The molecule has 1 aromatic rings. The van der Waals surface area contributed by atoms with Gasteiger partial charge in [-0.05, 0) is 160 Å². The Hall–Kier alpha value is -2.16. The zero-order chi connectivity index (χ0) is 32.1.